The van der Waals surface area contributed by atoms with E-state index in [1.165, 1.54) is 0 Å². The van der Waals surface area contributed by atoms with Crippen molar-refractivity contribution in [1.82, 2.24) is 15.2 Å². The lowest BCUT2D eigenvalue weighted by Crippen LogP contribution is -2.33. The van der Waals surface area contributed by atoms with E-state index < -0.39 is 0 Å². The molecule has 1 rings (SSSR count). The van der Waals surface area contributed by atoms with Gasteiger partial charge < -0.3 is 15.2 Å². The molecule has 1 heterocycles. The van der Waals surface area contributed by atoms with Crippen molar-refractivity contribution < 1.29 is 4.79 Å². The lowest BCUT2D eigenvalue weighted by Gasteiger charge is -2.15. The van der Waals surface area contributed by atoms with E-state index in [4.69, 9.17) is 0 Å². The van der Waals surface area contributed by atoms with Crippen molar-refractivity contribution in [3.63, 3.8) is 0 Å². The lowest BCUT2D eigenvalue weighted by atomic mass is 10.2. The van der Waals surface area contributed by atoms with E-state index in [0.717, 1.165) is 12.2 Å². The fraction of sp³-hybridized carbons (Fsp3) is 0.615. The molecule has 0 aliphatic rings. The molecule has 2 N–H and O–H groups in total. The Morgan fingerprint density at radius 1 is 1.35 bits per heavy atom. The van der Waals surface area contributed by atoms with Gasteiger partial charge in [0.2, 0.25) is 0 Å². The van der Waals surface area contributed by atoms with E-state index in [9.17, 15) is 4.79 Å². The van der Waals surface area contributed by atoms with Crippen LogP contribution >= 0.6 is 0 Å². The standard InChI is InChI=1S/C13H23N3O/c1-10(2)16-7-5-6-12(16)13(17)15-9-11(3)8-14-4/h5-7,10-11,14H,8-9H2,1-4H3,(H,15,17). The highest BCUT2D eigenvalue weighted by Crippen LogP contribution is 2.10. The normalized spacial score (nSPS) is 12.8. The molecule has 0 aliphatic carbocycles. The summed E-state index contributed by atoms with van der Waals surface area (Å²) in [5, 5.41) is 6.06. The van der Waals surface area contributed by atoms with Crippen LogP contribution in [0, 0.1) is 5.92 Å². The molecule has 0 radical (unpaired) electrons. The van der Waals surface area contributed by atoms with E-state index >= 15 is 0 Å². The Bertz CT molecular complexity index is 357. The van der Waals surface area contributed by atoms with Gasteiger partial charge in [-0.1, -0.05) is 6.92 Å². The van der Waals surface area contributed by atoms with Crippen molar-refractivity contribution in [3.8, 4) is 0 Å². The van der Waals surface area contributed by atoms with E-state index in [-0.39, 0.29) is 5.91 Å². The van der Waals surface area contributed by atoms with Crippen LogP contribution in [-0.2, 0) is 0 Å². The monoisotopic (exact) mass is 237 g/mol. The van der Waals surface area contributed by atoms with Crippen molar-refractivity contribution >= 4 is 5.91 Å². The molecular formula is C13H23N3O. The first-order valence-corrected chi connectivity index (χ1v) is 6.16. The number of carbonyl (C=O) groups excluding carboxylic acids is 1. The molecule has 17 heavy (non-hydrogen) atoms. The van der Waals surface area contributed by atoms with Crippen molar-refractivity contribution in [2.75, 3.05) is 20.1 Å². The molecule has 0 saturated heterocycles. The summed E-state index contributed by atoms with van der Waals surface area (Å²) in [6.45, 7) is 7.85. The summed E-state index contributed by atoms with van der Waals surface area (Å²) >= 11 is 0. The average molecular weight is 237 g/mol. The van der Waals surface area contributed by atoms with Crippen LogP contribution in [0.5, 0.6) is 0 Å². The number of hydrogen-bond acceptors (Lipinski definition) is 2. The number of amides is 1. The summed E-state index contributed by atoms with van der Waals surface area (Å²) < 4.78 is 1.98. The summed E-state index contributed by atoms with van der Waals surface area (Å²) in [5.74, 6) is 0.443. The zero-order valence-corrected chi connectivity index (χ0v) is 11.2. The Kier molecular flexibility index (Phi) is 5.22. The third kappa shape index (κ3) is 3.89. The highest BCUT2D eigenvalue weighted by Gasteiger charge is 2.12. The van der Waals surface area contributed by atoms with Crippen LogP contribution in [0.15, 0.2) is 18.3 Å². The summed E-state index contributed by atoms with van der Waals surface area (Å²) in [6, 6.07) is 4.07. The molecule has 0 aromatic carbocycles. The van der Waals surface area contributed by atoms with E-state index in [0.29, 0.717) is 18.5 Å². The molecule has 96 valence electrons. The first-order valence-electron chi connectivity index (χ1n) is 6.16. The summed E-state index contributed by atoms with van der Waals surface area (Å²) in [7, 11) is 1.92. The van der Waals surface area contributed by atoms with Crippen LogP contribution in [0.25, 0.3) is 0 Å². The molecule has 1 aromatic heterocycles. The fourth-order valence-corrected chi connectivity index (χ4v) is 1.81. The van der Waals surface area contributed by atoms with Crippen molar-refractivity contribution in [3.05, 3.63) is 24.0 Å². The van der Waals surface area contributed by atoms with Crippen molar-refractivity contribution in [2.24, 2.45) is 5.92 Å². The zero-order valence-electron chi connectivity index (χ0n) is 11.2. The topological polar surface area (TPSA) is 46.1 Å². The molecule has 1 atom stereocenters. The van der Waals surface area contributed by atoms with Crippen LogP contribution in [0.4, 0.5) is 0 Å². The highest BCUT2D eigenvalue weighted by atomic mass is 16.1. The molecule has 0 fully saturated rings. The van der Waals surface area contributed by atoms with Crippen molar-refractivity contribution in [1.29, 1.82) is 0 Å². The summed E-state index contributed by atoms with van der Waals surface area (Å²) in [4.78, 5) is 12.0. The Morgan fingerprint density at radius 2 is 2.06 bits per heavy atom. The van der Waals surface area contributed by atoms with Crippen LogP contribution < -0.4 is 10.6 Å². The molecule has 0 aliphatic heterocycles. The van der Waals surface area contributed by atoms with E-state index in [2.05, 4.69) is 31.4 Å². The van der Waals surface area contributed by atoms with Gasteiger partial charge in [0.1, 0.15) is 5.69 Å². The predicted octanol–water partition coefficient (Wildman–Crippen LogP) is 1.65. The molecule has 1 aromatic rings. The molecule has 0 spiro atoms. The van der Waals surface area contributed by atoms with Gasteiger partial charge in [0.15, 0.2) is 0 Å². The van der Waals surface area contributed by atoms with Crippen LogP contribution in [0.3, 0.4) is 0 Å². The zero-order chi connectivity index (χ0) is 12.8. The minimum atomic E-state index is 0.00616. The maximum absolute atomic E-state index is 12.0. The SMILES string of the molecule is CNCC(C)CNC(=O)c1cccn1C(C)C. The number of rotatable bonds is 6. The van der Waals surface area contributed by atoms with Gasteiger partial charge >= 0.3 is 0 Å². The quantitative estimate of drug-likeness (QED) is 0.790. The van der Waals surface area contributed by atoms with Gasteiger partial charge in [0, 0.05) is 18.8 Å². The lowest BCUT2D eigenvalue weighted by molar-refractivity contribution is 0.0937. The van der Waals surface area contributed by atoms with Gasteiger partial charge in [0.05, 0.1) is 0 Å². The minimum Gasteiger partial charge on any atom is -0.350 e. The largest absolute Gasteiger partial charge is 0.350 e. The minimum absolute atomic E-state index is 0.00616. The second kappa shape index (κ2) is 6.45. The average Bonchev–Trinajstić information content (AvgIpc) is 2.75. The highest BCUT2D eigenvalue weighted by molar-refractivity contribution is 5.92. The van der Waals surface area contributed by atoms with Gasteiger partial charge in [-0.25, -0.2) is 0 Å². The Balaban J connectivity index is 2.55. The maximum Gasteiger partial charge on any atom is 0.267 e. The summed E-state index contributed by atoms with van der Waals surface area (Å²) in [6.07, 6.45) is 1.94. The van der Waals surface area contributed by atoms with E-state index in [1.54, 1.807) is 0 Å². The third-order valence-corrected chi connectivity index (χ3v) is 2.73. The first kappa shape index (κ1) is 13.8. The van der Waals surface area contributed by atoms with Gasteiger partial charge in [-0.15, -0.1) is 0 Å². The number of aromatic nitrogens is 1. The Labute approximate surface area is 103 Å². The smallest absolute Gasteiger partial charge is 0.267 e. The molecule has 4 heteroatoms. The Morgan fingerprint density at radius 3 is 2.65 bits per heavy atom. The molecule has 1 unspecified atom stereocenters. The predicted molar refractivity (Wildman–Crippen MR) is 70.2 cm³/mol. The third-order valence-electron chi connectivity index (χ3n) is 2.73. The van der Waals surface area contributed by atoms with Gasteiger partial charge in [0.25, 0.3) is 5.91 Å². The summed E-state index contributed by atoms with van der Waals surface area (Å²) in [5.41, 5.74) is 0.733. The number of nitrogens with zero attached hydrogens (tertiary/aromatic N) is 1. The van der Waals surface area contributed by atoms with E-state index in [1.807, 2.05) is 29.9 Å². The van der Waals surface area contributed by atoms with Gasteiger partial charge in [-0.3, -0.25) is 4.79 Å². The van der Waals surface area contributed by atoms with Crippen LogP contribution in [0.1, 0.15) is 37.3 Å². The molecular weight excluding hydrogens is 214 g/mol. The maximum atomic E-state index is 12.0. The number of carbonyl (C=O) groups is 1. The molecule has 1 amide bonds. The second-order valence-electron chi connectivity index (χ2n) is 4.77. The first-order chi connectivity index (χ1) is 8.06. The number of nitrogens with one attached hydrogen (secondary N) is 2. The molecule has 0 bridgehead atoms. The Hall–Kier alpha value is -1.29. The van der Waals surface area contributed by atoms with Gasteiger partial charge in [-0.05, 0) is 45.5 Å². The molecule has 0 saturated carbocycles. The van der Waals surface area contributed by atoms with Crippen LogP contribution in [-0.4, -0.2) is 30.6 Å². The number of hydrogen-bond donors (Lipinski definition) is 2. The fourth-order valence-electron chi connectivity index (χ4n) is 1.81. The van der Waals surface area contributed by atoms with Crippen LogP contribution in [0.2, 0.25) is 0 Å². The van der Waals surface area contributed by atoms with Gasteiger partial charge in [-0.2, -0.15) is 0 Å². The second-order valence-corrected chi connectivity index (χ2v) is 4.77. The van der Waals surface area contributed by atoms with Crippen molar-refractivity contribution in [2.45, 2.75) is 26.8 Å². The molecule has 4 nitrogen and oxygen atoms in total.